The first-order chi connectivity index (χ1) is 13.7. The van der Waals surface area contributed by atoms with Crippen LogP contribution in [0.2, 0.25) is 0 Å². The smallest absolute Gasteiger partial charge is 0.254 e. The molecular formula is C22H26N4O2. The molecule has 0 bridgehead atoms. The Balaban J connectivity index is 1.38. The molecule has 2 amide bonds. The van der Waals surface area contributed by atoms with Crippen molar-refractivity contribution in [2.45, 2.75) is 32.1 Å². The van der Waals surface area contributed by atoms with Crippen LogP contribution in [0.3, 0.4) is 0 Å². The standard InChI is InChI=1S/C22H26N4O2/c27-21(17-6-2-1-3-7-17)25-12-14-26(15-13-25)22(28)18-9-11-24-20(16-18)19-8-4-5-10-23-19/h4-5,8-11,16-17H,1-3,6-7,12-15H2. The van der Waals surface area contributed by atoms with Crippen LogP contribution >= 0.6 is 0 Å². The van der Waals surface area contributed by atoms with Crippen molar-refractivity contribution < 1.29 is 9.59 Å². The highest BCUT2D eigenvalue weighted by Crippen LogP contribution is 2.26. The highest BCUT2D eigenvalue weighted by molar-refractivity contribution is 5.95. The summed E-state index contributed by atoms with van der Waals surface area (Å²) in [7, 11) is 0. The lowest BCUT2D eigenvalue weighted by atomic mass is 9.88. The first-order valence-electron chi connectivity index (χ1n) is 10.2. The first kappa shape index (κ1) is 18.6. The molecule has 6 heteroatoms. The number of nitrogens with zero attached hydrogens (tertiary/aromatic N) is 4. The summed E-state index contributed by atoms with van der Waals surface area (Å²) in [5.74, 6) is 0.467. The summed E-state index contributed by atoms with van der Waals surface area (Å²) < 4.78 is 0. The molecule has 3 heterocycles. The fourth-order valence-corrected chi connectivity index (χ4v) is 4.14. The van der Waals surface area contributed by atoms with E-state index in [1.54, 1.807) is 24.5 Å². The molecule has 2 aromatic heterocycles. The van der Waals surface area contributed by atoms with E-state index in [0.29, 0.717) is 37.4 Å². The summed E-state index contributed by atoms with van der Waals surface area (Å²) in [6.07, 6.45) is 8.98. The van der Waals surface area contributed by atoms with Crippen LogP contribution in [0.5, 0.6) is 0 Å². The molecule has 1 saturated carbocycles. The average Bonchev–Trinajstić information content (AvgIpc) is 2.79. The second-order valence-corrected chi connectivity index (χ2v) is 7.60. The zero-order valence-electron chi connectivity index (χ0n) is 16.1. The van der Waals surface area contributed by atoms with Crippen LogP contribution in [0, 0.1) is 5.92 Å². The van der Waals surface area contributed by atoms with Gasteiger partial charge in [-0.25, -0.2) is 0 Å². The summed E-state index contributed by atoms with van der Waals surface area (Å²) in [6.45, 7) is 2.41. The van der Waals surface area contributed by atoms with Gasteiger partial charge in [0.1, 0.15) is 0 Å². The van der Waals surface area contributed by atoms with Gasteiger partial charge >= 0.3 is 0 Å². The van der Waals surface area contributed by atoms with E-state index < -0.39 is 0 Å². The van der Waals surface area contributed by atoms with E-state index in [1.807, 2.05) is 28.0 Å². The largest absolute Gasteiger partial charge is 0.339 e. The van der Waals surface area contributed by atoms with Gasteiger partial charge in [-0.05, 0) is 37.1 Å². The van der Waals surface area contributed by atoms with Crippen LogP contribution < -0.4 is 0 Å². The minimum absolute atomic E-state index is 0.00986. The monoisotopic (exact) mass is 378 g/mol. The summed E-state index contributed by atoms with van der Waals surface area (Å²) in [5, 5.41) is 0. The molecule has 0 unspecified atom stereocenters. The number of aromatic nitrogens is 2. The lowest BCUT2D eigenvalue weighted by molar-refractivity contribution is -0.138. The van der Waals surface area contributed by atoms with Gasteiger partial charge in [0, 0.05) is 50.1 Å². The third-order valence-corrected chi connectivity index (χ3v) is 5.77. The number of amides is 2. The zero-order valence-corrected chi connectivity index (χ0v) is 16.1. The van der Waals surface area contributed by atoms with Gasteiger partial charge in [0.15, 0.2) is 0 Å². The van der Waals surface area contributed by atoms with Crippen LogP contribution in [0.25, 0.3) is 11.4 Å². The van der Waals surface area contributed by atoms with Crippen LogP contribution in [-0.2, 0) is 4.79 Å². The predicted molar refractivity (Wildman–Crippen MR) is 107 cm³/mol. The molecule has 0 radical (unpaired) electrons. The highest BCUT2D eigenvalue weighted by atomic mass is 16.2. The summed E-state index contributed by atoms with van der Waals surface area (Å²) in [4.78, 5) is 38.1. The molecule has 0 spiro atoms. The Morgan fingerprint density at radius 3 is 2.25 bits per heavy atom. The average molecular weight is 378 g/mol. The van der Waals surface area contributed by atoms with Crippen molar-refractivity contribution in [1.29, 1.82) is 0 Å². The number of piperazine rings is 1. The number of pyridine rings is 2. The van der Waals surface area contributed by atoms with E-state index >= 15 is 0 Å². The Morgan fingerprint density at radius 1 is 0.821 bits per heavy atom. The summed E-state index contributed by atoms with van der Waals surface area (Å²) in [6, 6.07) is 9.18. The van der Waals surface area contributed by atoms with Crippen LogP contribution in [0.15, 0.2) is 42.7 Å². The van der Waals surface area contributed by atoms with Crippen LogP contribution in [0.1, 0.15) is 42.5 Å². The van der Waals surface area contributed by atoms with Crippen molar-refractivity contribution in [3.05, 3.63) is 48.3 Å². The predicted octanol–water partition coefficient (Wildman–Crippen LogP) is 3.01. The van der Waals surface area contributed by atoms with Crippen molar-refractivity contribution in [1.82, 2.24) is 19.8 Å². The summed E-state index contributed by atoms with van der Waals surface area (Å²) >= 11 is 0. The number of hydrogen-bond acceptors (Lipinski definition) is 4. The van der Waals surface area contributed by atoms with E-state index in [1.165, 1.54) is 6.42 Å². The maximum absolute atomic E-state index is 12.9. The Labute approximate surface area is 165 Å². The molecule has 4 rings (SSSR count). The molecule has 0 N–H and O–H groups in total. The third kappa shape index (κ3) is 4.06. The Hall–Kier alpha value is -2.76. The third-order valence-electron chi connectivity index (χ3n) is 5.77. The van der Waals surface area contributed by atoms with E-state index in [-0.39, 0.29) is 17.7 Å². The molecule has 146 valence electrons. The maximum Gasteiger partial charge on any atom is 0.254 e. The lowest BCUT2D eigenvalue weighted by Gasteiger charge is -2.37. The van der Waals surface area contributed by atoms with Gasteiger partial charge < -0.3 is 9.80 Å². The Kier molecular flexibility index (Phi) is 5.65. The molecular weight excluding hydrogens is 352 g/mol. The highest BCUT2D eigenvalue weighted by Gasteiger charge is 2.30. The zero-order chi connectivity index (χ0) is 19.3. The van der Waals surface area contributed by atoms with Gasteiger partial charge in [0.2, 0.25) is 5.91 Å². The topological polar surface area (TPSA) is 66.4 Å². The second-order valence-electron chi connectivity index (χ2n) is 7.60. The number of carbonyl (C=O) groups excluding carboxylic acids is 2. The fraction of sp³-hybridized carbons (Fsp3) is 0.455. The minimum Gasteiger partial charge on any atom is -0.339 e. The molecule has 0 aromatic carbocycles. The van der Waals surface area contributed by atoms with Gasteiger partial charge in [0.25, 0.3) is 5.91 Å². The van der Waals surface area contributed by atoms with Crippen molar-refractivity contribution in [2.75, 3.05) is 26.2 Å². The van der Waals surface area contributed by atoms with Crippen LogP contribution in [0.4, 0.5) is 0 Å². The Bertz CT molecular complexity index is 825. The van der Waals surface area contributed by atoms with Crippen molar-refractivity contribution in [3.63, 3.8) is 0 Å². The molecule has 28 heavy (non-hydrogen) atoms. The van der Waals surface area contributed by atoms with E-state index in [0.717, 1.165) is 31.4 Å². The van der Waals surface area contributed by atoms with Crippen LogP contribution in [-0.4, -0.2) is 57.8 Å². The SMILES string of the molecule is O=C(c1ccnc(-c2ccccn2)c1)N1CCN(C(=O)C2CCCCC2)CC1. The first-order valence-corrected chi connectivity index (χ1v) is 10.2. The van der Waals surface area contributed by atoms with Gasteiger partial charge in [0.05, 0.1) is 11.4 Å². The number of hydrogen-bond donors (Lipinski definition) is 0. The molecule has 6 nitrogen and oxygen atoms in total. The second kappa shape index (κ2) is 8.50. The molecule has 1 aliphatic carbocycles. The number of carbonyl (C=O) groups is 2. The van der Waals surface area contributed by atoms with E-state index in [2.05, 4.69) is 9.97 Å². The molecule has 0 atom stereocenters. The van der Waals surface area contributed by atoms with Gasteiger partial charge in [-0.3, -0.25) is 19.6 Å². The van der Waals surface area contributed by atoms with E-state index in [4.69, 9.17) is 0 Å². The number of rotatable bonds is 3. The van der Waals surface area contributed by atoms with Crippen molar-refractivity contribution >= 4 is 11.8 Å². The van der Waals surface area contributed by atoms with Gasteiger partial charge in [-0.2, -0.15) is 0 Å². The van der Waals surface area contributed by atoms with Crippen molar-refractivity contribution in [2.24, 2.45) is 5.92 Å². The van der Waals surface area contributed by atoms with E-state index in [9.17, 15) is 9.59 Å². The molecule has 2 fully saturated rings. The lowest BCUT2D eigenvalue weighted by Crippen LogP contribution is -2.52. The van der Waals surface area contributed by atoms with Gasteiger partial charge in [-0.15, -0.1) is 0 Å². The summed E-state index contributed by atoms with van der Waals surface area (Å²) in [5.41, 5.74) is 2.06. The maximum atomic E-state index is 12.9. The Morgan fingerprint density at radius 2 is 1.54 bits per heavy atom. The quantitative estimate of drug-likeness (QED) is 0.823. The molecule has 2 aliphatic rings. The molecule has 1 saturated heterocycles. The van der Waals surface area contributed by atoms with Gasteiger partial charge in [-0.1, -0.05) is 25.3 Å². The van der Waals surface area contributed by atoms with Crippen molar-refractivity contribution in [3.8, 4) is 11.4 Å². The molecule has 2 aromatic rings. The normalized spacial score (nSPS) is 18.1. The molecule has 1 aliphatic heterocycles. The minimum atomic E-state index is -0.00986. The fourth-order valence-electron chi connectivity index (χ4n) is 4.14.